The van der Waals surface area contributed by atoms with Gasteiger partial charge in [-0.2, -0.15) is 0 Å². The predicted octanol–water partition coefficient (Wildman–Crippen LogP) is 4.56. The number of halogens is 1. The van der Waals surface area contributed by atoms with Gasteiger partial charge in [-0.25, -0.2) is 8.42 Å². The number of nitrogens with one attached hydrogen (secondary N) is 1. The Morgan fingerprint density at radius 3 is 2.34 bits per heavy atom. The lowest BCUT2D eigenvalue weighted by atomic mass is 10.2. The molecule has 0 saturated carbocycles. The summed E-state index contributed by atoms with van der Waals surface area (Å²) in [6, 6.07) is 20.4. The van der Waals surface area contributed by atoms with Gasteiger partial charge >= 0.3 is 0 Å². The molecule has 1 amide bonds. The van der Waals surface area contributed by atoms with E-state index in [0.717, 1.165) is 15.6 Å². The highest BCUT2D eigenvalue weighted by molar-refractivity contribution is 7.92. The molecule has 0 atom stereocenters. The van der Waals surface area contributed by atoms with E-state index in [9.17, 15) is 13.2 Å². The van der Waals surface area contributed by atoms with Crippen LogP contribution in [-0.4, -0.2) is 27.5 Å². The molecule has 0 aliphatic heterocycles. The Kier molecular flexibility index (Phi) is 7.77. The summed E-state index contributed by atoms with van der Waals surface area (Å²) in [6.45, 7) is 4.09. The number of benzene rings is 3. The van der Waals surface area contributed by atoms with Crippen molar-refractivity contribution in [2.75, 3.05) is 17.5 Å². The van der Waals surface area contributed by atoms with Crippen LogP contribution in [0.2, 0.25) is 5.02 Å². The van der Waals surface area contributed by atoms with E-state index >= 15 is 0 Å². The molecule has 0 unspecified atom stereocenters. The third kappa shape index (κ3) is 5.60. The van der Waals surface area contributed by atoms with Crippen LogP contribution in [0.5, 0.6) is 5.75 Å². The highest BCUT2D eigenvalue weighted by Crippen LogP contribution is 2.30. The van der Waals surface area contributed by atoms with E-state index in [4.69, 9.17) is 16.3 Å². The minimum absolute atomic E-state index is 0.0960. The van der Waals surface area contributed by atoms with Crippen LogP contribution in [0.4, 0.5) is 5.69 Å². The van der Waals surface area contributed by atoms with E-state index in [1.165, 1.54) is 12.1 Å². The van der Waals surface area contributed by atoms with Crippen LogP contribution in [0.15, 0.2) is 77.7 Å². The second-order valence-corrected chi connectivity index (χ2v) is 9.33. The lowest BCUT2D eigenvalue weighted by Crippen LogP contribution is -2.41. The molecule has 6 nitrogen and oxygen atoms in total. The summed E-state index contributed by atoms with van der Waals surface area (Å²) >= 11 is 6.23. The number of hydrogen-bond donors (Lipinski definition) is 1. The van der Waals surface area contributed by atoms with Crippen molar-refractivity contribution >= 4 is 33.2 Å². The van der Waals surface area contributed by atoms with Gasteiger partial charge in [0.1, 0.15) is 12.3 Å². The number of carbonyl (C=O) groups is 1. The maximum absolute atomic E-state index is 13.4. The number of hydrogen-bond acceptors (Lipinski definition) is 4. The molecular formula is C24H25ClN2O4S. The molecule has 0 aliphatic rings. The Labute approximate surface area is 193 Å². The van der Waals surface area contributed by atoms with Gasteiger partial charge in [0.25, 0.3) is 10.0 Å². The molecule has 8 heteroatoms. The number of nitrogens with zero attached hydrogens (tertiary/aromatic N) is 1. The molecule has 0 fully saturated rings. The van der Waals surface area contributed by atoms with Gasteiger partial charge in [-0.3, -0.25) is 9.10 Å². The first-order valence-corrected chi connectivity index (χ1v) is 12.0. The molecule has 3 aromatic carbocycles. The third-order valence-corrected chi connectivity index (χ3v) is 7.03. The normalized spacial score (nSPS) is 11.1. The number of ether oxygens (including phenoxy) is 1. The first-order chi connectivity index (χ1) is 15.3. The highest BCUT2D eigenvalue weighted by Gasteiger charge is 2.28. The number of anilines is 1. The summed E-state index contributed by atoms with van der Waals surface area (Å²) in [5.74, 6) is 0.317. The average molecular weight is 473 g/mol. The molecule has 3 rings (SSSR count). The number of carbonyl (C=O) groups excluding carboxylic acids is 1. The average Bonchev–Trinajstić information content (AvgIpc) is 2.80. The second-order valence-electron chi connectivity index (χ2n) is 7.06. The van der Waals surface area contributed by atoms with E-state index in [2.05, 4.69) is 5.32 Å². The van der Waals surface area contributed by atoms with Gasteiger partial charge in [0.2, 0.25) is 5.91 Å². The smallest absolute Gasteiger partial charge is 0.264 e. The standard InChI is InChI=1S/C24H25ClN2O4S/c1-3-31-20-14-12-19(13-15-20)16-26-24(28)17-27(23-11-7-10-22(25)18(23)2)32(29,30)21-8-5-4-6-9-21/h4-15H,3,16-17H2,1-2H3,(H,26,28). The van der Waals surface area contributed by atoms with Crippen molar-refractivity contribution in [3.8, 4) is 5.75 Å². The maximum atomic E-state index is 13.4. The van der Waals surface area contributed by atoms with Crippen LogP contribution in [0, 0.1) is 6.92 Å². The van der Waals surface area contributed by atoms with Crippen molar-refractivity contribution < 1.29 is 17.9 Å². The zero-order valence-electron chi connectivity index (χ0n) is 17.9. The molecule has 0 bridgehead atoms. The van der Waals surface area contributed by atoms with Crippen molar-refractivity contribution in [3.63, 3.8) is 0 Å². The van der Waals surface area contributed by atoms with Gasteiger partial charge in [0.15, 0.2) is 0 Å². The SMILES string of the molecule is CCOc1ccc(CNC(=O)CN(c2cccc(Cl)c2C)S(=O)(=O)c2ccccc2)cc1. The minimum Gasteiger partial charge on any atom is -0.494 e. The molecule has 0 radical (unpaired) electrons. The Morgan fingerprint density at radius 2 is 1.69 bits per heavy atom. The fourth-order valence-electron chi connectivity index (χ4n) is 3.14. The molecule has 0 saturated heterocycles. The Morgan fingerprint density at radius 1 is 1.00 bits per heavy atom. The van der Waals surface area contributed by atoms with Crippen LogP contribution >= 0.6 is 11.6 Å². The van der Waals surface area contributed by atoms with Crippen molar-refractivity contribution in [2.45, 2.75) is 25.3 Å². The van der Waals surface area contributed by atoms with Crippen LogP contribution in [0.25, 0.3) is 0 Å². The summed E-state index contributed by atoms with van der Waals surface area (Å²) in [7, 11) is -3.99. The summed E-state index contributed by atoms with van der Waals surface area (Å²) in [6.07, 6.45) is 0. The molecule has 0 heterocycles. The Hall–Kier alpha value is -3.03. The first kappa shape index (κ1) is 23.6. The number of rotatable bonds is 9. The highest BCUT2D eigenvalue weighted by atomic mass is 35.5. The largest absolute Gasteiger partial charge is 0.494 e. The molecule has 168 valence electrons. The van der Waals surface area contributed by atoms with Gasteiger partial charge < -0.3 is 10.1 Å². The maximum Gasteiger partial charge on any atom is 0.264 e. The lowest BCUT2D eigenvalue weighted by Gasteiger charge is -2.26. The Bertz CT molecular complexity index is 1170. The minimum atomic E-state index is -3.99. The van der Waals surface area contributed by atoms with Gasteiger partial charge in [-0.1, -0.05) is 48.0 Å². The van der Waals surface area contributed by atoms with Crippen LogP contribution in [0.3, 0.4) is 0 Å². The van der Waals surface area contributed by atoms with E-state index in [1.807, 2.05) is 31.2 Å². The first-order valence-electron chi connectivity index (χ1n) is 10.1. The predicted molar refractivity (Wildman–Crippen MR) is 127 cm³/mol. The molecular weight excluding hydrogens is 448 g/mol. The molecule has 0 aromatic heterocycles. The fourth-order valence-corrected chi connectivity index (χ4v) is 4.81. The molecule has 3 aromatic rings. The quantitative estimate of drug-likeness (QED) is 0.495. The van der Waals surface area contributed by atoms with Gasteiger partial charge in [0, 0.05) is 11.6 Å². The van der Waals surface area contributed by atoms with Gasteiger partial charge in [-0.15, -0.1) is 0 Å². The number of amides is 1. The third-order valence-electron chi connectivity index (χ3n) is 4.85. The summed E-state index contributed by atoms with van der Waals surface area (Å²) < 4.78 is 33.3. The van der Waals surface area contributed by atoms with Gasteiger partial charge in [0.05, 0.1) is 17.2 Å². The summed E-state index contributed by atoms with van der Waals surface area (Å²) in [5.41, 5.74) is 1.81. The monoisotopic (exact) mass is 472 g/mol. The summed E-state index contributed by atoms with van der Waals surface area (Å²) in [4.78, 5) is 12.9. The second kappa shape index (κ2) is 10.5. The van der Waals surface area contributed by atoms with Crippen molar-refractivity contribution in [3.05, 3.63) is 88.9 Å². The zero-order valence-corrected chi connectivity index (χ0v) is 19.5. The van der Waals surface area contributed by atoms with E-state index < -0.39 is 15.9 Å². The topological polar surface area (TPSA) is 75.7 Å². The molecule has 32 heavy (non-hydrogen) atoms. The molecule has 0 spiro atoms. The molecule has 0 aliphatic carbocycles. The zero-order chi connectivity index (χ0) is 23.1. The van der Waals surface area contributed by atoms with E-state index in [-0.39, 0.29) is 18.0 Å². The van der Waals surface area contributed by atoms with Crippen LogP contribution in [0.1, 0.15) is 18.1 Å². The van der Waals surface area contributed by atoms with Crippen molar-refractivity contribution in [2.24, 2.45) is 0 Å². The van der Waals surface area contributed by atoms with Crippen LogP contribution < -0.4 is 14.4 Å². The lowest BCUT2D eigenvalue weighted by molar-refractivity contribution is -0.119. The fraction of sp³-hybridized carbons (Fsp3) is 0.208. The van der Waals surface area contributed by atoms with Crippen molar-refractivity contribution in [1.82, 2.24) is 5.32 Å². The van der Waals surface area contributed by atoms with E-state index in [1.54, 1.807) is 43.3 Å². The number of sulfonamides is 1. The Balaban J connectivity index is 1.82. The van der Waals surface area contributed by atoms with E-state index in [0.29, 0.717) is 22.9 Å². The van der Waals surface area contributed by atoms with Crippen LogP contribution in [-0.2, 0) is 21.4 Å². The van der Waals surface area contributed by atoms with Crippen molar-refractivity contribution in [1.29, 1.82) is 0 Å². The summed E-state index contributed by atoms with van der Waals surface area (Å²) in [5, 5.41) is 3.21. The molecule has 1 N–H and O–H groups in total. The van der Waals surface area contributed by atoms with Gasteiger partial charge in [-0.05, 0) is 61.4 Å².